The Bertz CT molecular complexity index is 835. The van der Waals surface area contributed by atoms with E-state index in [2.05, 4.69) is 4.74 Å². The predicted octanol–water partition coefficient (Wildman–Crippen LogP) is 3.35. The Morgan fingerprint density at radius 3 is 2.00 bits per heavy atom. The molecule has 150 valence electrons. The van der Waals surface area contributed by atoms with Gasteiger partial charge in [-0.15, -0.1) is 0 Å². The molecule has 0 saturated carbocycles. The van der Waals surface area contributed by atoms with Gasteiger partial charge < -0.3 is 23.7 Å². The topological polar surface area (TPSA) is 80.3 Å². The molecule has 0 aliphatic rings. The van der Waals surface area contributed by atoms with Crippen LogP contribution in [0.3, 0.4) is 0 Å². The number of esters is 1. The first-order valence-electron chi connectivity index (χ1n) is 7.94. The van der Waals surface area contributed by atoms with E-state index in [-0.39, 0.29) is 28.4 Å². The normalized spacial score (nSPS) is 10.4. The predicted molar refractivity (Wildman–Crippen MR) is 93.8 cm³/mol. The van der Waals surface area contributed by atoms with Crippen molar-refractivity contribution >= 4 is 11.8 Å². The van der Waals surface area contributed by atoms with Crippen molar-refractivity contribution < 1.29 is 42.1 Å². The lowest BCUT2D eigenvalue weighted by Crippen LogP contribution is -2.15. The smallest absolute Gasteiger partial charge is 0.387 e. The number of Topliss-reactive ketones (excluding diaryl/α,β-unsaturated/α-hetero) is 1. The lowest BCUT2D eigenvalue weighted by molar-refractivity contribution is -0.0498. The molecule has 0 unspecified atom stereocenters. The Labute approximate surface area is 159 Å². The van der Waals surface area contributed by atoms with Crippen molar-refractivity contribution in [2.75, 3.05) is 27.9 Å². The number of halogens is 2. The van der Waals surface area contributed by atoms with Gasteiger partial charge in [-0.05, 0) is 24.3 Å². The molecule has 0 amide bonds. The molecule has 2 aromatic rings. The van der Waals surface area contributed by atoms with Crippen molar-refractivity contribution in [3.05, 3.63) is 47.5 Å². The summed E-state index contributed by atoms with van der Waals surface area (Å²) in [5.74, 6) is -0.573. The van der Waals surface area contributed by atoms with Crippen LogP contribution in [0.1, 0.15) is 20.7 Å². The van der Waals surface area contributed by atoms with Gasteiger partial charge in [0.1, 0.15) is 17.1 Å². The molecular formula is C19H18F2O7. The average Bonchev–Trinajstić information content (AvgIpc) is 2.70. The highest BCUT2D eigenvalue weighted by atomic mass is 19.3. The second-order valence-corrected chi connectivity index (χ2v) is 5.31. The van der Waals surface area contributed by atoms with Crippen molar-refractivity contribution in [2.45, 2.75) is 6.61 Å². The molecule has 0 aromatic heterocycles. The van der Waals surface area contributed by atoms with Crippen molar-refractivity contribution in [3.63, 3.8) is 0 Å². The van der Waals surface area contributed by atoms with Crippen LogP contribution in [-0.4, -0.2) is 46.3 Å². The Kier molecular flexibility index (Phi) is 7.14. The minimum Gasteiger partial charge on any atom is -0.496 e. The second-order valence-electron chi connectivity index (χ2n) is 5.31. The van der Waals surface area contributed by atoms with Crippen molar-refractivity contribution in [2.24, 2.45) is 0 Å². The standard InChI is InChI=1S/C19H18F2O7/c1-24-15-9-17(26-3)16(25-2)8-13(15)18(23)27-10-14(22)11-4-6-12(7-5-11)28-19(20)21/h4-9,19H,10H2,1-3H3. The number of ether oxygens (including phenoxy) is 5. The van der Waals surface area contributed by atoms with E-state index in [1.54, 1.807) is 0 Å². The minimum absolute atomic E-state index is 0.0497. The highest BCUT2D eigenvalue weighted by Gasteiger charge is 2.20. The number of carbonyl (C=O) groups excluding carboxylic acids is 2. The van der Waals surface area contributed by atoms with E-state index in [4.69, 9.17) is 18.9 Å². The zero-order valence-corrected chi connectivity index (χ0v) is 15.4. The Morgan fingerprint density at radius 1 is 0.893 bits per heavy atom. The number of methoxy groups -OCH3 is 3. The fourth-order valence-electron chi connectivity index (χ4n) is 2.30. The summed E-state index contributed by atoms with van der Waals surface area (Å²) in [4.78, 5) is 24.5. The molecule has 9 heteroatoms. The molecule has 0 aliphatic heterocycles. The van der Waals surface area contributed by atoms with Gasteiger partial charge in [0.25, 0.3) is 0 Å². The second kappa shape index (κ2) is 9.54. The number of hydrogen-bond acceptors (Lipinski definition) is 7. The lowest BCUT2D eigenvalue weighted by atomic mass is 10.1. The zero-order chi connectivity index (χ0) is 20.7. The molecule has 0 atom stereocenters. The molecule has 2 rings (SSSR count). The van der Waals surface area contributed by atoms with Crippen LogP contribution < -0.4 is 18.9 Å². The first-order valence-corrected chi connectivity index (χ1v) is 7.94. The van der Waals surface area contributed by atoms with E-state index in [0.717, 1.165) is 0 Å². The number of benzene rings is 2. The first-order chi connectivity index (χ1) is 13.4. The minimum atomic E-state index is -2.96. The SMILES string of the molecule is COc1cc(OC)c(C(=O)OCC(=O)c2ccc(OC(F)F)cc2)cc1OC. The molecule has 28 heavy (non-hydrogen) atoms. The van der Waals surface area contributed by atoms with E-state index in [1.807, 2.05) is 0 Å². The third-order valence-electron chi connectivity index (χ3n) is 3.66. The highest BCUT2D eigenvalue weighted by molar-refractivity contribution is 6.00. The number of rotatable bonds is 9. The molecule has 0 radical (unpaired) electrons. The molecular weight excluding hydrogens is 378 g/mol. The molecule has 0 spiro atoms. The van der Waals surface area contributed by atoms with Crippen LogP contribution in [0.5, 0.6) is 23.0 Å². The summed E-state index contributed by atoms with van der Waals surface area (Å²) in [7, 11) is 4.21. The van der Waals surface area contributed by atoms with E-state index in [9.17, 15) is 18.4 Å². The fourth-order valence-corrected chi connectivity index (χ4v) is 2.30. The van der Waals surface area contributed by atoms with Gasteiger partial charge in [-0.2, -0.15) is 8.78 Å². The van der Waals surface area contributed by atoms with Crippen LogP contribution in [0.15, 0.2) is 36.4 Å². The monoisotopic (exact) mass is 396 g/mol. The van der Waals surface area contributed by atoms with Crippen molar-refractivity contribution in [3.8, 4) is 23.0 Å². The summed E-state index contributed by atoms with van der Waals surface area (Å²) in [6, 6.07) is 7.87. The Morgan fingerprint density at radius 2 is 1.46 bits per heavy atom. The number of hydrogen-bond donors (Lipinski definition) is 0. The van der Waals surface area contributed by atoms with Gasteiger partial charge in [-0.1, -0.05) is 0 Å². The van der Waals surface area contributed by atoms with E-state index in [1.165, 1.54) is 57.7 Å². The van der Waals surface area contributed by atoms with Crippen LogP contribution >= 0.6 is 0 Å². The maximum Gasteiger partial charge on any atom is 0.387 e. The van der Waals surface area contributed by atoms with Gasteiger partial charge in [0.05, 0.1) is 21.3 Å². The lowest BCUT2D eigenvalue weighted by Gasteiger charge is -2.13. The summed E-state index contributed by atoms with van der Waals surface area (Å²) in [5.41, 5.74) is 0.224. The molecule has 7 nitrogen and oxygen atoms in total. The van der Waals surface area contributed by atoms with Gasteiger partial charge in [-0.25, -0.2) is 4.79 Å². The summed E-state index contributed by atoms with van der Waals surface area (Å²) in [5, 5.41) is 0. The maximum atomic E-state index is 12.3. The highest BCUT2D eigenvalue weighted by Crippen LogP contribution is 2.34. The maximum absolute atomic E-state index is 12.3. The number of carbonyl (C=O) groups is 2. The number of alkyl halides is 2. The molecule has 0 N–H and O–H groups in total. The Balaban J connectivity index is 2.08. The van der Waals surface area contributed by atoms with Gasteiger partial charge in [0.15, 0.2) is 23.9 Å². The van der Waals surface area contributed by atoms with Crippen molar-refractivity contribution in [1.82, 2.24) is 0 Å². The fraction of sp³-hybridized carbons (Fsp3) is 0.263. The molecule has 0 saturated heterocycles. The quantitative estimate of drug-likeness (QED) is 0.475. The van der Waals surface area contributed by atoms with E-state index >= 15 is 0 Å². The van der Waals surface area contributed by atoms with Gasteiger partial charge >= 0.3 is 12.6 Å². The van der Waals surface area contributed by atoms with E-state index < -0.39 is 25.0 Å². The third kappa shape index (κ3) is 5.09. The molecule has 0 aliphatic carbocycles. The largest absolute Gasteiger partial charge is 0.496 e. The summed E-state index contributed by atoms with van der Waals surface area (Å²) < 4.78 is 48.9. The first kappa shape index (κ1) is 20.9. The van der Waals surface area contributed by atoms with Crippen LogP contribution in [0.4, 0.5) is 8.78 Å². The van der Waals surface area contributed by atoms with Gasteiger partial charge in [0.2, 0.25) is 0 Å². The molecule has 0 bridgehead atoms. The van der Waals surface area contributed by atoms with Crippen LogP contribution in [0, 0.1) is 0 Å². The Hall–Kier alpha value is -3.36. The molecule has 0 fully saturated rings. The summed E-state index contributed by atoms with van der Waals surface area (Å²) in [6.07, 6.45) is 0. The number of ketones is 1. The molecule has 2 aromatic carbocycles. The van der Waals surface area contributed by atoms with Crippen molar-refractivity contribution in [1.29, 1.82) is 0 Å². The van der Waals surface area contributed by atoms with Gasteiger partial charge in [0, 0.05) is 17.7 Å². The van der Waals surface area contributed by atoms with Crippen LogP contribution in [0.25, 0.3) is 0 Å². The summed E-state index contributed by atoms with van der Waals surface area (Å²) >= 11 is 0. The van der Waals surface area contributed by atoms with Crippen LogP contribution in [0.2, 0.25) is 0 Å². The summed E-state index contributed by atoms with van der Waals surface area (Å²) in [6.45, 7) is -3.51. The third-order valence-corrected chi connectivity index (χ3v) is 3.66. The van der Waals surface area contributed by atoms with Crippen LogP contribution in [-0.2, 0) is 4.74 Å². The van der Waals surface area contributed by atoms with E-state index in [0.29, 0.717) is 5.75 Å². The van der Waals surface area contributed by atoms with Gasteiger partial charge in [-0.3, -0.25) is 4.79 Å². The average molecular weight is 396 g/mol. The molecule has 0 heterocycles. The zero-order valence-electron chi connectivity index (χ0n) is 15.4.